The molecule has 2 rings (SSSR count). The van der Waals surface area contributed by atoms with Gasteiger partial charge in [-0.2, -0.15) is 18.4 Å². The smallest absolute Gasteiger partial charge is 0.416 e. The minimum Gasteiger partial charge on any atom is -0.456 e. The normalized spacial score (nSPS) is 12.9. The van der Waals surface area contributed by atoms with Crippen molar-refractivity contribution in [1.82, 2.24) is 0 Å². The molecule has 0 fully saturated rings. The number of carbonyl (C=O) groups is 2. The summed E-state index contributed by atoms with van der Waals surface area (Å²) in [5.41, 5.74) is -4.62. The van der Waals surface area contributed by atoms with Crippen LogP contribution in [0.1, 0.15) is 18.9 Å². The topological polar surface area (TPSA) is 120 Å². The van der Waals surface area contributed by atoms with Crippen LogP contribution in [0.5, 0.6) is 17.2 Å². The van der Waals surface area contributed by atoms with Gasteiger partial charge in [0, 0.05) is 18.6 Å². The summed E-state index contributed by atoms with van der Waals surface area (Å²) in [5, 5.41) is 18.8. The van der Waals surface area contributed by atoms with Crippen LogP contribution in [0, 0.1) is 21.4 Å². The Hall–Kier alpha value is -3.36. The Kier molecular flexibility index (Phi) is 7.33. The maximum atomic E-state index is 12.8. The van der Waals surface area contributed by atoms with E-state index in [1.165, 1.54) is 13.0 Å². The van der Waals surface area contributed by atoms with Crippen molar-refractivity contribution in [2.45, 2.75) is 25.1 Å². The molecule has 2 aromatic carbocycles. The molecule has 0 saturated heterocycles. The average molecular weight is 491 g/mol. The summed E-state index contributed by atoms with van der Waals surface area (Å²) in [6, 6.07) is 6.39. The highest BCUT2D eigenvalue weighted by atomic mass is 35.5. The number of Topliss-reactive ketones (excluding diaryl/α,β-unsaturated/α-hetero) is 1. The Morgan fingerprint density at radius 1 is 1.19 bits per heavy atom. The van der Waals surface area contributed by atoms with Gasteiger partial charge in [-0.15, -0.1) is 0 Å². The highest BCUT2D eigenvalue weighted by Gasteiger charge is 2.48. The zero-order chi connectivity index (χ0) is 24.3. The number of nitriles is 1. The Morgan fingerprint density at radius 2 is 1.84 bits per heavy atom. The molecule has 32 heavy (non-hydrogen) atoms. The minimum atomic E-state index is -4.64. The lowest BCUT2D eigenvalue weighted by Gasteiger charge is -2.22. The van der Waals surface area contributed by atoms with Crippen LogP contribution in [-0.4, -0.2) is 21.6 Å². The van der Waals surface area contributed by atoms with Crippen LogP contribution in [-0.2, 0) is 15.8 Å². The van der Waals surface area contributed by atoms with Gasteiger partial charge in [0.05, 0.1) is 15.5 Å². The van der Waals surface area contributed by atoms with Gasteiger partial charge in [-0.05, 0) is 35.9 Å². The summed E-state index contributed by atoms with van der Waals surface area (Å²) in [6.07, 6.45) is -4.99. The molecule has 0 saturated carbocycles. The molecule has 0 heterocycles. The first-order valence-electron chi connectivity index (χ1n) is 8.52. The monoisotopic (exact) mass is 490 g/mol. The molecule has 0 aliphatic rings. The molecule has 1 unspecified atom stereocenters. The van der Waals surface area contributed by atoms with E-state index in [0.717, 1.165) is 24.3 Å². The molecular weight excluding hydrogens is 480 g/mol. The number of hydrogen-bond donors (Lipinski definition) is 0. The van der Waals surface area contributed by atoms with Crippen molar-refractivity contribution >= 4 is 39.9 Å². The fraction of sp³-hybridized carbons (Fsp3) is 0.211. The lowest BCUT2D eigenvalue weighted by molar-refractivity contribution is -0.386. The van der Waals surface area contributed by atoms with E-state index in [4.69, 9.17) is 32.7 Å². The van der Waals surface area contributed by atoms with Gasteiger partial charge >= 0.3 is 17.5 Å². The summed E-state index contributed by atoms with van der Waals surface area (Å²) in [6.45, 7) is 1.32. The fourth-order valence-corrected chi connectivity index (χ4v) is 2.83. The van der Waals surface area contributed by atoms with Gasteiger partial charge in [-0.1, -0.05) is 18.5 Å². The SMILES string of the molecule is CCC(=O)C(C#N)(Oc1cc(Oc2ccc(C(F)(F)F)cc2Cl)ccc1[N+](=O)[O-])C(=O)Cl. The van der Waals surface area contributed by atoms with Gasteiger partial charge in [-0.3, -0.25) is 19.7 Å². The molecule has 2 aromatic rings. The third kappa shape index (κ3) is 5.09. The number of nitro groups is 1. The minimum absolute atomic E-state index is 0.218. The van der Waals surface area contributed by atoms with E-state index < -0.39 is 49.7 Å². The zero-order valence-corrected chi connectivity index (χ0v) is 17.4. The molecule has 13 heteroatoms. The first kappa shape index (κ1) is 24.9. The lowest BCUT2D eigenvalue weighted by atomic mass is 9.99. The van der Waals surface area contributed by atoms with E-state index in [2.05, 4.69) is 0 Å². The predicted molar refractivity (Wildman–Crippen MR) is 105 cm³/mol. The largest absolute Gasteiger partial charge is 0.456 e. The number of halogens is 5. The van der Waals surface area contributed by atoms with Gasteiger partial charge < -0.3 is 9.47 Å². The second-order valence-electron chi connectivity index (χ2n) is 6.08. The molecule has 0 N–H and O–H groups in total. The second-order valence-corrected chi connectivity index (χ2v) is 6.83. The third-order valence-electron chi connectivity index (χ3n) is 4.03. The molecule has 0 bridgehead atoms. The standard InChI is InChI=1S/C19H11Cl2F3N2O6/c1-2-16(27)18(9-25,17(21)28)32-15-8-11(4-5-13(15)26(29)30)31-14-6-3-10(7-12(14)20)19(22,23)24/h3-8H,2H2,1H3. The number of nitrogens with zero attached hydrogens (tertiary/aromatic N) is 2. The first-order valence-corrected chi connectivity index (χ1v) is 9.27. The van der Waals surface area contributed by atoms with Crippen molar-refractivity contribution in [3.63, 3.8) is 0 Å². The van der Waals surface area contributed by atoms with Gasteiger partial charge in [0.25, 0.3) is 5.24 Å². The van der Waals surface area contributed by atoms with Crippen molar-refractivity contribution in [3.8, 4) is 23.3 Å². The summed E-state index contributed by atoms with van der Waals surface area (Å²) in [4.78, 5) is 34.4. The molecule has 0 spiro atoms. The first-order chi connectivity index (χ1) is 14.9. The number of hydrogen-bond acceptors (Lipinski definition) is 7. The van der Waals surface area contributed by atoms with Crippen LogP contribution in [0.3, 0.4) is 0 Å². The van der Waals surface area contributed by atoms with Crippen molar-refractivity contribution in [1.29, 1.82) is 5.26 Å². The van der Waals surface area contributed by atoms with Crippen LogP contribution in [0.2, 0.25) is 5.02 Å². The highest BCUT2D eigenvalue weighted by molar-refractivity contribution is 6.68. The Bertz CT molecular complexity index is 1130. The summed E-state index contributed by atoms with van der Waals surface area (Å²) in [7, 11) is 0. The average Bonchev–Trinajstić information content (AvgIpc) is 2.71. The summed E-state index contributed by atoms with van der Waals surface area (Å²) < 4.78 is 48.8. The molecule has 0 aliphatic carbocycles. The highest BCUT2D eigenvalue weighted by Crippen LogP contribution is 2.39. The molecular formula is C19H11Cl2F3N2O6. The molecule has 1 atom stereocenters. The molecule has 0 amide bonds. The molecule has 0 aliphatic heterocycles. The van der Waals surface area contributed by atoms with E-state index in [9.17, 15) is 38.1 Å². The Labute approximate surface area is 188 Å². The van der Waals surface area contributed by atoms with Crippen molar-refractivity contribution in [2.24, 2.45) is 0 Å². The number of alkyl halides is 3. The number of ketones is 1. The van der Waals surface area contributed by atoms with E-state index in [1.54, 1.807) is 0 Å². The quantitative estimate of drug-likeness (QED) is 0.209. The molecule has 168 valence electrons. The van der Waals surface area contributed by atoms with Gasteiger partial charge in [-0.25, -0.2) is 0 Å². The van der Waals surface area contributed by atoms with E-state index >= 15 is 0 Å². The van der Waals surface area contributed by atoms with E-state index in [0.29, 0.717) is 12.1 Å². The van der Waals surface area contributed by atoms with Gasteiger partial charge in [0.1, 0.15) is 17.6 Å². The van der Waals surface area contributed by atoms with Crippen LogP contribution in [0.4, 0.5) is 18.9 Å². The van der Waals surface area contributed by atoms with Gasteiger partial charge in [0.2, 0.25) is 5.75 Å². The zero-order valence-electron chi connectivity index (χ0n) is 15.9. The van der Waals surface area contributed by atoms with Crippen molar-refractivity contribution in [2.75, 3.05) is 0 Å². The van der Waals surface area contributed by atoms with Crippen LogP contribution >= 0.6 is 23.2 Å². The summed E-state index contributed by atoms with van der Waals surface area (Å²) >= 11 is 11.2. The van der Waals surface area contributed by atoms with E-state index in [1.807, 2.05) is 0 Å². The third-order valence-corrected chi connectivity index (χ3v) is 4.59. The van der Waals surface area contributed by atoms with Crippen molar-refractivity contribution < 1.29 is 37.2 Å². The van der Waals surface area contributed by atoms with Crippen LogP contribution in [0.25, 0.3) is 0 Å². The summed E-state index contributed by atoms with van der Waals surface area (Å²) in [5.74, 6) is -2.21. The van der Waals surface area contributed by atoms with Gasteiger partial charge in [0.15, 0.2) is 5.78 Å². The second kappa shape index (κ2) is 9.42. The van der Waals surface area contributed by atoms with Crippen molar-refractivity contribution in [3.05, 3.63) is 57.1 Å². The van der Waals surface area contributed by atoms with E-state index in [-0.39, 0.29) is 17.9 Å². The molecule has 8 nitrogen and oxygen atoms in total. The number of nitro benzene ring substituents is 1. The fourth-order valence-electron chi connectivity index (χ4n) is 2.43. The molecule has 0 radical (unpaired) electrons. The Balaban J connectivity index is 2.51. The number of ether oxygens (including phenoxy) is 2. The number of carbonyl (C=O) groups excluding carboxylic acids is 2. The molecule has 0 aromatic heterocycles. The van der Waals surface area contributed by atoms with Crippen LogP contribution in [0.15, 0.2) is 36.4 Å². The predicted octanol–water partition coefficient (Wildman–Crippen LogP) is 5.44. The van der Waals surface area contributed by atoms with Crippen LogP contribution < -0.4 is 9.47 Å². The number of rotatable bonds is 8. The Morgan fingerprint density at radius 3 is 2.31 bits per heavy atom. The number of benzene rings is 2. The lowest BCUT2D eigenvalue weighted by Crippen LogP contribution is -2.48. The maximum absolute atomic E-state index is 12.8. The maximum Gasteiger partial charge on any atom is 0.416 e.